The van der Waals surface area contributed by atoms with E-state index in [1.165, 1.54) is 0 Å². The second-order valence-electron chi connectivity index (χ2n) is 0.129. The van der Waals surface area contributed by atoms with Crippen molar-refractivity contribution in [2.24, 2.45) is 5.18 Å². The molecule has 2 nitrogen and oxygen atoms in total. The van der Waals surface area contributed by atoms with Gasteiger partial charge in [-0.15, -0.1) is 0 Å². The molecule has 0 amide bonds. The van der Waals surface area contributed by atoms with Crippen LogP contribution in [-0.2, 0) is 16.8 Å². The Labute approximate surface area is 34.8 Å². The monoisotopic (exact) mass is 103 g/mol. The molecule has 0 atom stereocenters. The molecule has 0 aromatic carbocycles. The summed E-state index contributed by atoms with van der Waals surface area (Å²) in [5.41, 5.74) is 0. The van der Waals surface area contributed by atoms with Crippen molar-refractivity contribution in [1.29, 1.82) is 0 Å². The van der Waals surface area contributed by atoms with Crippen molar-refractivity contribution < 1.29 is 16.8 Å². The minimum absolute atomic E-state index is 0. The summed E-state index contributed by atoms with van der Waals surface area (Å²) in [5.74, 6) is 0. The first-order valence-corrected chi connectivity index (χ1v) is 0.499. The van der Waals surface area contributed by atoms with Crippen molar-refractivity contribution in [3.8, 4) is 0 Å². The molecule has 0 fully saturated rings. The van der Waals surface area contributed by atoms with E-state index in [4.69, 9.17) is 4.91 Å². The third-order valence-electron chi connectivity index (χ3n) is 0. The fourth-order valence-electron chi connectivity index (χ4n) is 0. The van der Waals surface area contributed by atoms with Crippen LogP contribution in [0.1, 0.15) is 0 Å². The summed E-state index contributed by atoms with van der Waals surface area (Å²) < 4.78 is 0. The molecule has 1 radical (unpaired) electrons. The van der Waals surface area contributed by atoms with Gasteiger partial charge in [-0.05, 0) is 0 Å². The summed E-state index contributed by atoms with van der Waals surface area (Å²) >= 11 is 0. The maximum Gasteiger partial charge on any atom is 0 e. The van der Waals surface area contributed by atoms with Crippen LogP contribution >= 0.6 is 0 Å². The summed E-state index contributed by atoms with van der Waals surface area (Å²) in [7, 11) is 2.56. The van der Waals surface area contributed by atoms with Crippen LogP contribution in [0, 0.1) is 12.0 Å². The zero-order valence-corrected chi connectivity index (χ0v) is 2.94. The van der Waals surface area contributed by atoms with E-state index in [0.29, 0.717) is 0 Å². The van der Waals surface area contributed by atoms with Gasteiger partial charge in [0.15, 0.2) is 0 Å². The molecule has 0 spiro atoms. The molecule has 0 heterocycles. The summed E-state index contributed by atoms with van der Waals surface area (Å²) in [6, 6.07) is 0. The average molecular weight is 103 g/mol. The molecule has 3 heteroatoms. The summed E-state index contributed by atoms with van der Waals surface area (Å²) in [5, 5.41) is 2.00. The first kappa shape index (κ1) is 9.02. The standard InChI is InChI=1S/CH2NO.Co/c1-2-3;/h1H2;/q-1;. The second kappa shape index (κ2) is 12.2. The van der Waals surface area contributed by atoms with Crippen LogP contribution in [0.25, 0.3) is 0 Å². The van der Waals surface area contributed by atoms with Crippen molar-refractivity contribution in [1.82, 2.24) is 0 Å². The number of hydrogen-bond donors (Lipinski definition) is 0. The average Bonchev–Trinajstić information content (AvgIpc) is 0.918. The van der Waals surface area contributed by atoms with Crippen molar-refractivity contribution in [2.75, 3.05) is 0 Å². The third kappa shape index (κ3) is 3410. The van der Waals surface area contributed by atoms with E-state index in [1.807, 2.05) is 5.18 Å². The van der Waals surface area contributed by atoms with Gasteiger partial charge in [0.25, 0.3) is 0 Å². The molecule has 4 heavy (non-hydrogen) atoms. The molecular weight excluding hydrogens is 101 g/mol. The van der Waals surface area contributed by atoms with Gasteiger partial charge in [0.2, 0.25) is 0 Å². The fourth-order valence-corrected chi connectivity index (χ4v) is 0. The molecule has 0 aromatic rings. The van der Waals surface area contributed by atoms with Crippen molar-refractivity contribution in [3.63, 3.8) is 0 Å². The molecule has 0 unspecified atom stereocenters. The quantitative estimate of drug-likeness (QED) is 0.325. The molecule has 0 aliphatic carbocycles. The largest absolute Gasteiger partial charge is 0.252 e. The summed E-state index contributed by atoms with van der Waals surface area (Å²) in [4.78, 5) is 8.44. The summed E-state index contributed by atoms with van der Waals surface area (Å²) in [6.07, 6.45) is 0. The molecular formula is CH2CoNO-. The van der Waals surface area contributed by atoms with Crippen LogP contribution in [-0.4, -0.2) is 0 Å². The molecule has 0 rings (SSSR count). The second-order valence-corrected chi connectivity index (χ2v) is 0.129. The van der Waals surface area contributed by atoms with Gasteiger partial charge in [-0.3, -0.25) is 7.05 Å². The molecule has 0 saturated carbocycles. The van der Waals surface area contributed by atoms with E-state index in [0.717, 1.165) is 0 Å². The number of rotatable bonds is 0. The molecule has 0 aliphatic heterocycles. The predicted octanol–water partition coefficient (Wildman–Crippen LogP) is 0.542. The van der Waals surface area contributed by atoms with Crippen LogP contribution in [0.4, 0.5) is 0 Å². The Balaban J connectivity index is 0. The van der Waals surface area contributed by atoms with Gasteiger partial charge in [-0.1, -0.05) is 0 Å². The van der Waals surface area contributed by atoms with Gasteiger partial charge < -0.3 is 0 Å². The van der Waals surface area contributed by atoms with Crippen LogP contribution in [0.3, 0.4) is 0 Å². The molecule has 0 aliphatic rings. The van der Waals surface area contributed by atoms with E-state index in [9.17, 15) is 0 Å². The topological polar surface area (TPSA) is 29.4 Å². The van der Waals surface area contributed by atoms with Gasteiger partial charge in [0, 0.05) is 16.8 Å². The Kier molecular flexibility index (Phi) is 27.5. The molecule has 0 N–H and O–H groups in total. The maximum absolute atomic E-state index is 8.44. The molecule has 27 valence electrons. The normalized spacial score (nSPS) is 3.00. The van der Waals surface area contributed by atoms with Gasteiger partial charge in [0.05, 0.1) is 0 Å². The first-order chi connectivity index (χ1) is 1.41. The van der Waals surface area contributed by atoms with Crippen molar-refractivity contribution in [2.45, 2.75) is 0 Å². The van der Waals surface area contributed by atoms with Crippen LogP contribution in [0.5, 0.6) is 0 Å². The number of hydrogen-bond acceptors (Lipinski definition) is 2. The van der Waals surface area contributed by atoms with Gasteiger partial charge >= 0.3 is 0 Å². The van der Waals surface area contributed by atoms with Crippen LogP contribution in [0.15, 0.2) is 5.18 Å². The van der Waals surface area contributed by atoms with E-state index >= 15 is 0 Å². The Morgan fingerprint density at radius 2 is 1.75 bits per heavy atom. The van der Waals surface area contributed by atoms with Gasteiger partial charge in [-0.25, -0.2) is 5.18 Å². The zero-order chi connectivity index (χ0) is 2.71. The third-order valence-corrected chi connectivity index (χ3v) is 0. The Hall–Kier alpha value is -0.0235. The van der Waals surface area contributed by atoms with E-state index < -0.39 is 0 Å². The smallest absolute Gasteiger partial charge is 0 e. The minimum atomic E-state index is 0. The minimum Gasteiger partial charge on any atom is -0.252 e. The van der Waals surface area contributed by atoms with E-state index in [1.54, 1.807) is 0 Å². The van der Waals surface area contributed by atoms with Crippen molar-refractivity contribution in [3.05, 3.63) is 12.0 Å². The fraction of sp³-hybridized carbons (Fsp3) is 0. The number of nitrogens with zero attached hydrogens (tertiary/aromatic N) is 1. The molecule has 0 aromatic heterocycles. The maximum atomic E-state index is 8.44. The SMILES string of the molecule is [CH2-]N=O.[Co]. The Morgan fingerprint density at radius 3 is 1.75 bits per heavy atom. The van der Waals surface area contributed by atoms with E-state index in [-0.39, 0.29) is 16.8 Å². The zero-order valence-electron chi connectivity index (χ0n) is 1.90. The summed E-state index contributed by atoms with van der Waals surface area (Å²) in [6.45, 7) is 0. The Bertz CT molecular complexity index is 15.5. The first-order valence-electron chi connectivity index (χ1n) is 0.499. The number of nitroso groups, excluding NO2 is 1. The van der Waals surface area contributed by atoms with Crippen molar-refractivity contribution >= 4 is 0 Å². The van der Waals surface area contributed by atoms with Gasteiger partial charge in [-0.2, -0.15) is 4.91 Å². The molecule has 0 saturated heterocycles. The van der Waals surface area contributed by atoms with Crippen LogP contribution in [0.2, 0.25) is 0 Å². The van der Waals surface area contributed by atoms with Crippen LogP contribution < -0.4 is 0 Å². The van der Waals surface area contributed by atoms with E-state index in [2.05, 4.69) is 7.05 Å². The molecule has 0 bridgehead atoms. The Morgan fingerprint density at radius 1 is 1.75 bits per heavy atom. The predicted molar refractivity (Wildman–Crippen MR) is 11.2 cm³/mol. The van der Waals surface area contributed by atoms with Gasteiger partial charge in [0.1, 0.15) is 0 Å².